The standard InChI is InChI=1S/C13H26N2O2/c1-4-10(5-2)8-14-13(17)15(3)9-12(16)11-6-7-11/h10-12,16H,4-9H2,1-3H3,(H,14,17). The number of rotatable bonds is 7. The fourth-order valence-corrected chi connectivity index (χ4v) is 1.94. The summed E-state index contributed by atoms with van der Waals surface area (Å²) in [6, 6.07) is -0.0726. The maximum Gasteiger partial charge on any atom is 0.317 e. The van der Waals surface area contributed by atoms with Gasteiger partial charge in [0, 0.05) is 20.1 Å². The summed E-state index contributed by atoms with van der Waals surface area (Å²) in [5.41, 5.74) is 0. The van der Waals surface area contributed by atoms with E-state index in [-0.39, 0.29) is 12.1 Å². The van der Waals surface area contributed by atoms with Crippen molar-refractivity contribution in [2.24, 2.45) is 11.8 Å². The Balaban J connectivity index is 2.21. The lowest BCUT2D eigenvalue weighted by molar-refractivity contribution is 0.113. The van der Waals surface area contributed by atoms with Crippen LogP contribution in [0.3, 0.4) is 0 Å². The van der Waals surface area contributed by atoms with Gasteiger partial charge < -0.3 is 15.3 Å². The van der Waals surface area contributed by atoms with Gasteiger partial charge in [-0.15, -0.1) is 0 Å². The molecule has 1 aliphatic carbocycles. The topological polar surface area (TPSA) is 52.6 Å². The Kier molecular flexibility index (Phi) is 5.75. The number of hydrogen-bond donors (Lipinski definition) is 2. The van der Waals surface area contributed by atoms with Crippen LogP contribution in [0.25, 0.3) is 0 Å². The van der Waals surface area contributed by atoms with Gasteiger partial charge in [0.1, 0.15) is 0 Å². The molecule has 2 N–H and O–H groups in total. The molecule has 0 saturated heterocycles. The molecule has 17 heavy (non-hydrogen) atoms. The third-order valence-electron chi connectivity index (χ3n) is 3.67. The zero-order chi connectivity index (χ0) is 12.8. The zero-order valence-electron chi connectivity index (χ0n) is 11.3. The summed E-state index contributed by atoms with van der Waals surface area (Å²) in [5, 5.41) is 12.7. The first-order chi connectivity index (χ1) is 8.08. The van der Waals surface area contributed by atoms with E-state index in [4.69, 9.17) is 0 Å². The molecular formula is C13H26N2O2. The van der Waals surface area contributed by atoms with Gasteiger partial charge in [0.05, 0.1) is 6.10 Å². The second-order valence-corrected chi connectivity index (χ2v) is 5.15. The molecular weight excluding hydrogens is 216 g/mol. The SMILES string of the molecule is CCC(CC)CNC(=O)N(C)CC(O)C1CC1. The van der Waals surface area contributed by atoms with Gasteiger partial charge in [0.25, 0.3) is 0 Å². The summed E-state index contributed by atoms with van der Waals surface area (Å²) in [5.74, 6) is 0.977. The lowest BCUT2D eigenvalue weighted by Crippen LogP contribution is -2.43. The lowest BCUT2D eigenvalue weighted by atomic mass is 10.0. The Labute approximate surface area is 104 Å². The van der Waals surface area contributed by atoms with E-state index in [1.165, 1.54) is 0 Å². The van der Waals surface area contributed by atoms with Crippen molar-refractivity contribution in [3.05, 3.63) is 0 Å². The third kappa shape index (κ3) is 4.94. The fourth-order valence-electron chi connectivity index (χ4n) is 1.94. The second kappa shape index (κ2) is 6.84. The van der Waals surface area contributed by atoms with E-state index in [2.05, 4.69) is 19.2 Å². The second-order valence-electron chi connectivity index (χ2n) is 5.15. The van der Waals surface area contributed by atoms with Gasteiger partial charge in [0.2, 0.25) is 0 Å². The van der Waals surface area contributed by atoms with E-state index in [1.807, 2.05) is 0 Å². The van der Waals surface area contributed by atoms with Gasteiger partial charge in [-0.05, 0) is 24.7 Å². The van der Waals surface area contributed by atoms with Crippen molar-refractivity contribution >= 4 is 6.03 Å². The summed E-state index contributed by atoms with van der Waals surface area (Å²) in [6.07, 6.45) is 4.03. The molecule has 0 radical (unpaired) electrons. The van der Waals surface area contributed by atoms with Crippen LogP contribution in [0.4, 0.5) is 4.79 Å². The largest absolute Gasteiger partial charge is 0.391 e. The molecule has 0 aromatic heterocycles. The summed E-state index contributed by atoms with van der Waals surface area (Å²) < 4.78 is 0. The number of hydrogen-bond acceptors (Lipinski definition) is 2. The predicted molar refractivity (Wildman–Crippen MR) is 68.8 cm³/mol. The Morgan fingerprint density at radius 3 is 2.47 bits per heavy atom. The summed E-state index contributed by atoms with van der Waals surface area (Å²) in [6.45, 7) is 5.46. The molecule has 2 amide bonds. The molecule has 100 valence electrons. The minimum absolute atomic E-state index is 0.0726. The van der Waals surface area contributed by atoms with Crippen LogP contribution >= 0.6 is 0 Å². The van der Waals surface area contributed by atoms with Gasteiger partial charge in [-0.3, -0.25) is 0 Å². The van der Waals surface area contributed by atoms with E-state index in [0.717, 1.165) is 32.2 Å². The van der Waals surface area contributed by atoms with Crippen molar-refractivity contribution < 1.29 is 9.90 Å². The first-order valence-electron chi connectivity index (χ1n) is 6.75. The van der Waals surface area contributed by atoms with Crippen molar-refractivity contribution in [1.82, 2.24) is 10.2 Å². The number of likely N-dealkylation sites (N-methyl/N-ethyl adjacent to an activating group) is 1. The van der Waals surface area contributed by atoms with Gasteiger partial charge in [0.15, 0.2) is 0 Å². The Bertz CT molecular complexity index is 238. The number of nitrogens with zero attached hydrogens (tertiary/aromatic N) is 1. The van der Waals surface area contributed by atoms with Crippen molar-refractivity contribution in [2.45, 2.75) is 45.6 Å². The van der Waals surface area contributed by atoms with Crippen LogP contribution in [-0.4, -0.2) is 42.3 Å². The van der Waals surface area contributed by atoms with Gasteiger partial charge in [-0.1, -0.05) is 26.7 Å². The highest BCUT2D eigenvalue weighted by Gasteiger charge is 2.31. The highest BCUT2D eigenvalue weighted by molar-refractivity contribution is 5.73. The Hall–Kier alpha value is -0.770. The average Bonchev–Trinajstić information content (AvgIpc) is 3.13. The number of aliphatic hydroxyl groups excluding tert-OH is 1. The predicted octanol–water partition coefficient (Wildman–Crippen LogP) is 1.83. The van der Waals surface area contributed by atoms with E-state index in [0.29, 0.717) is 18.4 Å². The molecule has 1 unspecified atom stereocenters. The van der Waals surface area contributed by atoms with Crippen LogP contribution in [0.2, 0.25) is 0 Å². The van der Waals surface area contributed by atoms with Gasteiger partial charge in [-0.2, -0.15) is 0 Å². The number of urea groups is 1. The molecule has 0 aliphatic heterocycles. The molecule has 4 nitrogen and oxygen atoms in total. The fraction of sp³-hybridized carbons (Fsp3) is 0.923. The Morgan fingerprint density at radius 1 is 1.41 bits per heavy atom. The number of carbonyl (C=O) groups excluding carboxylic acids is 1. The molecule has 1 fully saturated rings. The molecule has 0 bridgehead atoms. The number of carbonyl (C=O) groups is 1. The molecule has 1 rings (SSSR count). The minimum atomic E-state index is -0.348. The van der Waals surface area contributed by atoms with Gasteiger partial charge in [-0.25, -0.2) is 4.79 Å². The minimum Gasteiger partial charge on any atom is -0.391 e. The van der Waals surface area contributed by atoms with Gasteiger partial charge >= 0.3 is 6.03 Å². The van der Waals surface area contributed by atoms with Crippen LogP contribution in [0.5, 0.6) is 0 Å². The molecule has 0 spiro atoms. The molecule has 1 atom stereocenters. The molecule has 0 aromatic rings. The molecule has 1 aliphatic rings. The maximum atomic E-state index is 11.8. The molecule has 1 saturated carbocycles. The molecule has 4 heteroatoms. The van der Waals surface area contributed by atoms with Crippen LogP contribution in [0.1, 0.15) is 39.5 Å². The monoisotopic (exact) mass is 242 g/mol. The number of amides is 2. The van der Waals surface area contributed by atoms with Crippen LogP contribution in [0, 0.1) is 11.8 Å². The van der Waals surface area contributed by atoms with Crippen molar-refractivity contribution in [1.29, 1.82) is 0 Å². The molecule has 0 heterocycles. The van der Waals surface area contributed by atoms with Crippen LogP contribution in [0.15, 0.2) is 0 Å². The summed E-state index contributed by atoms with van der Waals surface area (Å²) >= 11 is 0. The van der Waals surface area contributed by atoms with E-state index in [9.17, 15) is 9.90 Å². The van der Waals surface area contributed by atoms with E-state index >= 15 is 0 Å². The van der Waals surface area contributed by atoms with Crippen molar-refractivity contribution in [2.75, 3.05) is 20.1 Å². The third-order valence-corrected chi connectivity index (χ3v) is 3.67. The normalized spacial score (nSPS) is 17.0. The Morgan fingerprint density at radius 2 is 2.00 bits per heavy atom. The first-order valence-corrected chi connectivity index (χ1v) is 6.75. The van der Waals surface area contributed by atoms with Crippen LogP contribution < -0.4 is 5.32 Å². The zero-order valence-corrected chi connectivity index (χ0v) is 11.3. The van der Waals surface area contributed by atoms with Crippen LogP contribution in [-0.2, 0) is 0 Å². The average molecular weight is 242 g/mol. The maximum absolute atomic E-state index is 11.8. The first kappa shape index (κ1) is 14.3. The van der Waals surface area contributed by atoms with Crippen molar-refractivity contribution in [3.63, 3.8) is 0 Å². The number of nitrogens with one attached hydrogen (secondary N) is 1. The van der Waals surface area contributed by atoms with Crippen molar-refractivity contribution in [3.8, 4) is 0 Å². The lowest BCUT2D eigenvalue weighted by Gasteiger charge is -2.22. The molecule has 0 aromatic carbocycles. The summed E-state index contributed by atoms with van der Waals surface area (Å²) in [4.78, 5) is 13.4. The van der Waals surface area contributed by atoms with E-state index < -0.39 is 0 Å². The summed E-state index contributed by atoms with van der Waals surface area (Å²) in [7, 11) is 1.74. The highest BCUT2D eigenvalue weighted by Crippen LogP contribution is 2.32. The highest BCUT2D eigenvalue weighted by atomic mass is 16.3. The van der Waals surface area contributed by atoms with E-state index in [1.54, 1.807) is 11.9 Å². The number of aliphatic hydroxyl groups is 1. The quantitative estimate of drug-likeness (QED) is 0.715. The smallest absolute Gasteiger partial charge is 0.317 e.